The predicted molar refractivity (Wildman–Crippen MR) is 121 cm³/mol. The Labute approximate surface area is 178 Å². The second kappa shape index (κ2) is 10.7. The highest BCUT2D eigenvalue weighted by Gasteiger charge is 2.12. The second-order valence-corrected chi connectivity index (χ2v) is 7.49. The average Bonchev–Trinajstić information content (AvgIpc) is 2.78. The Morgan fingerprint density at radius 1 is 0.933 bits per heavy atom. The summed E-state index contributed by atoms with van der Waals surface area (Å²) in [5.41, 5.74) is 3.68. The van der Waals surface area contributed by atoms with E-state index in [4.69, 9.17) is 4.74 Å². The molecule has 2 atom stereocenters. The Hall–Kier alpha value is -3.02. The van der Waals surface area contributed by atoms with Crippen LogP contribution in [0.2, 0.25) is 0 Å². The van der Waals surface area contributed by atoms with Gasteiger partial charge in [0, 0.05) is 19.1 Å². The fourth-order valence-electron chi connectivity index (χ4n) is 3.31. The Bertz CT molecular complexity index is 913. The van der Waals surface area contributed by atoms with Gasteiger partial charge in [-0.1, -0.05) is 48.5 Å². The third-order valence-corrected chi connectivity index (χ3v) is 5.09. The van der Waals surface area contributed by atoms with Crippen LogP contribution in [0.4, 0.5) is 5.69 Å². The van der Waals surface area contributed by atoms with Gasteiger partial charge < -0.3 is 25.6 Å². The monoisotopic (exact) mass is 406 g/mol. The van der Waals surface area contributed by atoms with Gasteiger partial charge in [0.1, 0.15) is 11.5 Å². The minimum Gasteiger partial charge on any atom is -0.506 e. The van der Waals surface area contributed by atoms with Crippen LogP contribution in [0.3, 0.4) is 0 Å². The van der Waals surface area contributed by atoms with E-state index in [9.17, 15) is 10.2 Å². The van der Waals surface area contributed by atoms with Crippen molar-refractivity contribution in [3.05, 3.63) is 89.5 Å². The molecule has 3 aromatic carbocycles. The molecule has 0 amide bonds. The molecule has 0 aliphatic rings. The molecule has 0 heterocycles. The molecule has 0 aromatic heterocycles. The number of phenols is 1. The van der Waals surface area contributed by atoms with Crippen molar-refractivity contribution < 1.29 is 14.9 Å². The lowest BCUT2D eigenvalue weighted by Gasteiger charge is -2.19. The van der Waals surface area contributed by atoms with Gasteiger partial charge in [-0.05, 0) is 54.3 Å². The molecule has 5 heteroatoms. The first-order chi connectivity index (χ1) is 14.5. The van der Waals surface area contributed by atoms with Crippen LogP contribution in [0.15, 0.2) is 72.8 Å². The van der Waals surface area contributed by atoms with E-state index < -0.39 is 6.10 Å². The lowest BCUT2D eigenvalue weighted by atomic mass is 10.1. The van der Waals surface area contributed by atoms with Gasteiger partial charge in [-0.25, -0.2) is 0 Å². The summed E-state index contributed by atoms with van der Waals surface area (Å²) < 4.78 is 5.17. The third-order valence-electron chi connectivity index (χ3n) is 5.09. The van der Waals surface area contributed by atoms with E-state index in [0.717, 1.165) is 23.3 Å². The number of rotatable bonds is 10. The Morgan fingerprint density at radius 3 is 2.37 bits per heavy atom. The summed E-state index contributed by atoms with van der Waals surface area (Å²) in [6, 6.07) is 23.4. The summed E-state index contributed by atoms with van der Waals surface area (Å²) in [5.74, 6) is 0.963. The van der Waals surface area contributed by atoms with Gasteiger partial charge in [0.25, 0.3) is 0 Å². The van der Waals surface area contributed by atoms with E-state index in [2.05, 4.69) is 29.7 Å². The summed E-state index contributed by atoms with van der Waals surface area (Å²) >= 11 is 0. The molecule has 2 unspecified atom stereocenters. The molecule has 0 saturated carbocycles. The zero-order chi connectivity index (χ0) is 21.3. The molecule has 0 fully saturated rings. The van der Waals surface area contributed by atoms with Crippen molar-refractivity contribution >= 4 is 5.69 Å². The first-order valence-electron chi connectivity index (χ1n) is 10.2. The van der Waals surface area contributed by atoms with Crippen LogP contribution >= 0.6 is 0 Å². The van der Waals surface area contributed by atoms with Crippen LogP contribution in [0.1, 0.15) is 29.7 Å². The van der Waals surface area contributed by atoms with Crippen molar-refractivity contribution in [1.82, 2.24) is 5.32 Å². The molecule has 3 aromatic rings. The summed E-state index contributed by atoms with van der Waals surface area (Å²) in [6.07, 6.45) is 0.239. The van der Waals surface area contributed by atoms with E-state index in [0.29, 0.717) is 18.8 Å². The molecule has 0 aliphatic heterocycles. The third kappa shape index (κ3) is 6.24. The zero-order valence-corrected chi connectivity index (χ0v) is 17.5. The fraction of sp³-hybridized carbons (Fsp3) is 0.280. The number of aromatic hydroxyl groups is 1. The summed E-state index contributed by atoms with van der Waals surface area (Å²) in [6.45, 7) is 3.11. The van der Waals surface area contributed by atoms with Crippen molar-refractivity contribution in [2.45, 2.75) is 32.0 Å². The van der Waals surface area contributed by atoms with Gasteiger partial charge in [0.2, 0.25) is 0 Å². The van der Waals surface area contributed by atoms with Gasteiger partial charge in [-0.15, -0.1) is 0 Å². The molecule has 5 nitrogen and oxygen atoms in total. The summed E-state index contributed by atoms with van der Waals surface area (Å²) in [7, 11) is 1.64. The Balaban J connectivity index is 1.55. The average molecular weight is 407 g/mol. The number of hydrogen-bond donors (Lipinski definition) is 4. The van der Waals surface area contributed by atoms with Crippen LogP contribution in [-0.2, 0) is 13.0 Å². The largest absolute Gasteiger partial charge is 0.506 e. The maximum atomic E-state index is 10.6. The van der Waals surface area contributed by atoms with Crippen molar-refractivity contribution in [3.63, 3.8) is 0 Å². The van der Waals surface area contributed by atoms with Crippen molar-refractivity contribution in [2.24, 2.45) is 0 Å². The molecule has 0 aliphatic carbocycles. The van der Waals surface area contributed by atoms with Crippen molar-refractivity contribution in [2.75, 3.05) is 19.0 Å². The number of phenolic OH excluding ortho intramolecular Hbond substituents is 1. The molecular weight excluding hydrogens is 376 g/mol. The molecule has 0 bridgehead atoms. The summed E-state index contributed by atoms with van der Waals surface area (Å²) in [4.78, 5) is 0. The zero-order valence-electron chi connectivity index (χ0n) is 17.5. The maximum Gasteiger partial charge on any atom is 0.138 e. The smallest absolute Gasteiger partial charge is 0.138 e. The number of anilines is 1. The van der Waals surface area contributed by atoms with E-state index in [1.165, 1.54) is 5.56 Å². The number of hydrogen-bond acceptors (Lipinski definition) is 5. The van der Waals surface area contributed by atoms with Crippen LogP contribution in [0.25, 0.3) is 0 Å². The number of methoxy groups -OCH3 is 1. The SMILES string of the molecule is COc1ccc(CNc2cc(C(O)CNC(C)Cc3ccccc3)ccc2O)cc1. The fourth-order valence-corrected chi connectivity index (χ4v) is 3.31. The first-order valence-corrected chi connectivity index (χ1v) is 10.2. The Morgan fingerprint density at radius 2 is 1.67 bits per heavy atom. The number of benzene rings is 3. The molecule has 0 saturated heterocycles. The molecular formula is C25H30N2O3. The van der Waals surface area contributed by atoms with Gasteiger partial charge in [0.05, 0.1) is 18.9 Å². The maximum absolute atomic E-state index is 10.6. The van der Waals surface area contributed by atoms with Crippen molar-refractivity contribution in [1.29, 1.82) is 0 Å². The highest BCUT2D eigenvalue weighted by Crippen LogP contribution is 2.27. The van der Waals surface area contributed by atoms with E-state index in [1.54, 1.807) is 25.3 Å². The lowest BCUT2D eigenvalue weighted by molar-refractivity contribution is 0.170. The Kier molecular flexibility index (Phi) is 7.71. The van der Waals surface area contributed by atoms with Gasteiger partial charge in [-0.3, -0.25) is 0 Å². The lowest BCUT2D eigenvalue weighted by Crippen LogP contribution is -2.32. The molecule has 3 rings (SSSR count). The predicted octanol–water partition coefficient (Wildman–Crippen LogP) is 4.27. The topological polar surface area (TPSA) is 73.8 Å². The van der Waals surface area contributed by atoms with Crippen LogP contribution in [0, 0.1) is 0 Å². The van der Waals surface area contributed by atoms with Gasteiger partial charge >= 0.3 is 0 Å². The first kappa shape index (κ1) is 21.7. The number of nitrogens with one attached hydrogen (secondary N) is 2. The molecule has 30 heavy (non-hydrogen) atoms. The van der Waals surface area contributed by atoms with Crippen molar-refractivity contribution in [3.8, 4) is 11.5 Å². The molecule has 158 valence electrons. The van der Waals surface area contributed by atoms with Gasteiger partial charge in [-0.2, -0.15) is 0 Å². The van der Waals surface area contributed by atoms with E-state index in [-0.39, 0.29) is 11.8 Å². The number of aliphatic hydroxyl groups excluding tert-OH is 1. The van der Waals surface area contributed by atoms with Gasteiger partial charge in [0.15, 0.2) is 0 Å². The minimum absolute atomic E-state index is 0.157. The second-order valence-electron chi connectivity index (χ2n) is 7.49. The van der Waals surface area contributed by atoms with Crippen LogP contribution in [-0.4, -0.2) is 29.9 Å². The molecule has 0 radical (unpaired) electrons. The molecule has 0 spiro atoms. The van der Waals surface area contributed by atoms with Crippen LogP contribution in [0.5, 0.6) is 11.5 Å². The van der Waals surface area contributed by atoms with E-state index >= 15 is 0 Å². The minimum atomic E-state index is -0.662. The highest BCUT2D eigenvalue weighted by molar-refractivity contribution is 5.58. The van der Waals surface area contributed by atoms with Crippen LogP contribution < -0.4 is 15.4 Å². The number of aliphatic hydroxyl groups is 1. The highest BCUT2D eigenvalue weighted by atomic mass is 16.5. The normalized spacial score (nSPS) is 12.9. The molecule has 4 N–H and O–H groups in total. The standard InChI is InChI=1S/C25H30N2O3/c1-18(14-19-6-4-3-5-7-19)26-17-25(29)21-10-13-24(28)23(15-21)27-16-20-8-11-22(30-2)12-9-20/h3-13,15,18,25-29H,14,16-17H2,1-2H3. The summed E-state index contributed by atoms with van der Waals surface area (Å²) in [5, 5.41) is 27.4. The quantitative estimate of drug-likeness (QED) is 0.379. The van der Waals surface area contributed by atoms with E-state index in [1.807, 2.05) is 42.5 Å². The number of ether oxygens (including phenoxy) is 1.